The molecule has 0 aliphatic heterocycles. The Kier molecular flexibility index (Phi) is 4.98. The maximum Gasteiger partial charge on any atom is 0.328 e. The first kappa shape index (κ1) is 13.6. The van der Waals surface area contributed by atoms with Crippen molar-refractivity contribution in [1.29, 1.82) is 0 Å². The summed E-state index contributed by atoms with van der Waals surface area (Å²) in [5.41, 5.74) is 0.834. The van der Waals surface area contributed by atoms with Gasteiger partial charge in [0, 0.05) is 6.08 Å². The predicted octanol–water partition coefficient (Wildman–Crippen LogP) is 2.73. The normalized spacial score (nSPS) is 15.4. The molecule has 4 heteroatoms. The first-order valence-electron chi connectivity index (χ1n) is 6.49. The summed E-state index contributed by atoms with van der Waals surface area (Å²) < 4.78 is 11.1. The Bertz CT molecular complexity index is 432. The molecule has 1 N–H and O–H groups in total. The van der Waals surface area contributed by atoms with Gasteiger partial charge in [-0.1, -0.05) is 12.1 Å². The van der Waals surface area contributed by atoms with E-state index in [0.717, 1.165) is 17.4 Å². The number of hydrogen-bond donors (Lipinski definition) is 1. The molecular formula is C15H18O4. The largest absolute Gasteiger partial charge is 0.491 e. The topological polar surface area (TPSA) is 55.8 Å². The lowest BCUT2D eigenvalue weighted by atomic mass is 9.96. The monoisotopic (exact) mass is 262 g/mol. The average molecular weight is 262 g/mol. The molecule has 1 fully saturated rings. The van der Waals surface area contributed by atoms with Crippen molar-refractivity contribution in [3.8, 4) is 5.75 Å². The van der Waals surface area contributed by atoms with Crippen LogP contribution in [0.15, 0.2) is 30.3 Å². The van der Waals surface area contributed by atoms with Crippen molar-refractivity contribution in [2.24, 2.45) is 0 Å². The van der Waals surface area contributed by atoms with Crippen LogP contribution in [-0.2, 0) is 9.53 Å². The summed E-state index contributed by atoms with van der Waals surface area (Å²) in [6.07, 6.45) is 6.72. The number of carboxylic acid groups (broad SMARTS) is 1. The van der Waals surface area contributed by atoms with E-state index in [9.17, 15) is 4.79 Å². The number of benzene rings is 1. The number of rotatable bonds is 7. The molecule has 1 aromatic rings. The standard InChI is InChI=1S/C15H18O4/c16-15(17)9-6-12-4-7-14(8-5-12)19-11-10-18-13-2-1-3-13/h4-9,13H,1-3,10-11H2,(H,16,17). The first-order chi connectivity index (χ1) is 9.24. The third kappa shape index (κ3) is 4.75. The first-order valence-corrected chi connectivity index (χ1v) is 6.49. The van der Waals surface area contributed by atoms with Crippen LogP contribution in [0.1, 0.15) is 24.8 Å². The molecule has 102 valence electrons. The number of aliphatic carboxylic acids is 1. The van der Waals surface area contributed by atoms with Crippen LogP contribution in [0.5, 0.6) is 5.75 Å². The van der Waals surface area contributed by atoms with Gasteiger partial charge in [0.1, 0.15) is 12.4 Å². The highest BCUT2D eigenvalue weighted by Crippen LogP contribution is 2.21. The van der Waals surface area contributed by atoms with Gasteiger partial charge in [-0.2, -0.15) is 0 Å². The van der Waals surface area contributed by atoms with Gasteiger partial charge in [0.15, 0.2) is 0 Å². The van der Waals surface area contributed by atoms with Gasteiger partial charge < -0.3 is 14.6 Å². The number of hydrogen-bond acceptors (Lipinski definition) is 3. The molecule has 0 heterocycles. The molecule has 19 heavy (non-hydrogen) atoms. The molecule has 0 spiro atoms. The summed E-state index contributed by atoms with van der Waals surface area (Å²) in [4.78, 5) is 10.4. The van der Waals surface area contributed by atoms with Crippen LogP contribution < -0.4 is 4.74 Å². The van der Waals surface area contributed by atoms with Crippen molar-refractivity contribution in [2.45, 2.75) is 25.4 Å². The van der Waals surface area contributed by atoms with E-state index in [4.69, 9.17) is 14.6 Å². The van der Waals surface area contributed by atoms with Crippen molar-refractivity contribution in [2.75, 3.05) is 13.2 Å². The van der Waals surface area contributed by atoms with Crippen molar-refractivity contribution in [1.82, 2.24) is 0 Å². The number of ether oxygens (including phenoxy) is 2. The average Bonchev–Trinajstić information content (AvgIpc) is 2.35. The molecule has 0 bridgehead atoms. The minimum Gasteiger partial charge on any atom is -0.491 e. The summed E-state index contributed by atoms with van der Waals surface area (Å²) in [7, 11) is 0. The quantitative estimate of drug-likeness (QED) is 0.606. The van der Waals surface area contributed by atoms with E-state index in [1.807, 2.05) is 24.3 Å². The lowest BCUT2D eigenvalue weighted by molar-refractivity contribution is -0.131. The molecule has 4 nitrogen and oxygen atoms in total. The molecule has 1 saturated carbocycles. The minimum absolute atomic E-state index is 0.437. The maximum atomic E-state index is 10.4. The fourth-order valence-electron chi connectivity index (χ4n) is 1.75. The van der Waals surface area contributed by atoms with Gasteiger partial charge in [0.2, 0.25) is 0 Å². The van der Waals surface area contributed by atoms with Crippen molar-refractivity contribution in [3.05, 3.63) is 35.9 Å². The lowest BCUT2D eigenvalue weighted by Crippen LogP contribution is -2.23. The molecule has 0 atom stereocenters. The molecule has 1 aliphatic rings. The Labute approximate surface area is 112 Å². The van der Waals surface area contributed by atoms with Crippen LogP contribution in [0.2, 0.25) is 0 Å². The smallest absolute Gasteiger partial charge is 0.328 e. The van der Waals surface area contributed by atoms with Gasteiger partial charge >= 0.3 is 5.97 Å². The zero-order valence-electron chi connectivity index (χ0n) is 10.7. The van der Waals surface area contributed by atoms with E-state index in [1.54, 1.807) is 6.08 Å². The highest BCUT2D eigenvalue weighted by molar-refractivity contribution is 5.85. The summed E-state index contributed by atoms with van der Waals surface area (Å²) in [5.74, 6) is -0.182. The van der Waals surface area contributed by atoms with Crippen LogP contribution in [-0.4, -0.2) is 30.4 Å². The van der Waals surface area contributed by atoms with E-state index in [-0.39, 0.29) is 0 Å². The molecule has 2 rings (SSSR count). The Morgan fingerprint density at radius 3 is 2.58 bits per heavy atom. The highest BCUT2D eigenvalue weighted by atomic mass is 16.5. The second kappa shape index (κ2) is 6.95. The van der Waals surface area contributed by atoms with Crippen LogP contribution in [0.3, 0.4) is 0 Å². The summed E-state index contributed by atoms with van der Waals surface area (Å²) >= 11 is 0. The van der Waals surface area contributed by atoms with E-state index in [1.165, 1.54) is 19.3 Å². The summed E-state index contributed by atoms with van der Waals surface area (Å²) in [6.45, 7) is 1.16. The second-order valence-corrected chi connectivity index (χ2v) is 4.51. The SMILES string of the molecule is O=C(O)C=Cc1ccc(OCCOC2CCC2)cc1. The third-order valence-corrected chi connectivity index (χ3v) is 3.06. The van der Waals surface area contributed by atoms with Gasteiger partial charge in [0.05, 0.1) is 12.7 Å². The minimum atomic E-state index is -0.950. The fraction of sp³-hybridized carbons (Fsp3) is 0.400. The van der Waals surface area contributed by atoms with Crippen LogP contribution in [0.4, 0.5) is 0 Å². The van der Waals surface area contributed by atoms with E-state index in [2.05, 4.69) is 0 Å². The van der Waals surface area contributed by atoms with Crippen LogP contribution >= 0.6 is 0 Å². The van der Waals surface area contributed by atoms with E-state index >= 15 is 0 Å². The van der Waals surface area contributed by atoms with Crippen molar-refractivity contribution in [3.63, 3.8) is 0 Å². The molecule has 1 aromatic carbocycles. The van der Waals surface area contributed by atoms with Gasteiger partial charge in [-0.25, -0.2) is 4.79 Å². The maximum absolute atomic E-state index is 10.4. The molecular weight excluding hydrogens is 244 g/mol. The highest BCUT2D eigenvalue weighted by Gasteiger charge is 2.17. The Morgan fingerprint density at radius 2 is 2.00 bits per heavy atom. The molecule has 0 saturated heterocycles. The lowest BCUT2D eigenvalue weighted by Gasteiger charge is -2.25. The van der Waals surface area contributed by atoms with Gasteiger partial charge in [-0.15, -0.1) is 0 Å². The van der Waals surface area contributed by atoms with Gasteiger partial charge in [-0.3, -0.25) is 0 Å². The van der Waals surface area contributed by atoms with Crippen molar-refractivity contribution < 1.29 is 19.4 Å². The zero-order chi connectivity index (χ0) is 13.5. The number of carbonyl (C=O) groups is 1. The summed E-state index contributed by atoms with van der Waals surface area (Å²) in [6, 6.07) is 7.29. The predicted molar refractivity (Wildman–Crippen MR) is 72.2 cm³/mol. The van der Waals surface area contributed by atoms with Crippen LogP contribution in [0.25, 0.3) is 6.08 Å². The van der Waals surface area contributed by atoms with Gasteiger partial charge in [0.25, 0.3) is 0 Å². The second-order valence-electron chi connectivity index (χ2n) is 4.51. The Balaban J connectivity index is 1.70. The molecule has 1 aliphatic carbocycles. The van der Waals surface area contributed by atoms with Crippen LogP contribution in [0, 0.1) is 0 Å². The van der Waals surface area contributed by atoms with Crippen molar-refractivity contribution >= 4 is 12.0 Å². The molecule has 0 radical (unpaired) electrons. The van der Waals surface area contributed by atoms with Gasteiger partial charge in [-0.05, 0) is 43.0 Å². The zero-order valence-corrected chi connectivity index (χ0v) is 10.7. The number of carboxylic acids is 1. The summed E-state index contributed by atoms with van der Waals surface area (Å²) in [5, 5.41) is 8.52. The molecule has 0 unspecified atom stereocenters. The third-order valence-electron chi connectivity index (χ3n) is 3.06. The molecule has 0 aromatic heterocycles. The Hall–Kier alpha value is -1.81. The molecule has 0 amide bonds. The van der Waals surface area contributed by atoms with E-state index < -0.39 is 5.97 Å². The van der Waals surface area contributed by atoms with E-state index in [0.29, 0.717) is 19.3 Å². The Morgan fingerprint density at radius 1 is 1.26 bits per heavy atom. The fourth-order valence-corrected chi connectivity index (χ4v) is 1.75.